The van der Waals surface area contributed by atoms with Gasteiger partial charge in [-0.05, 0) is 44.2 Å². The minimum absolute atomic E-state index is 0.0424. The van der Waals surface area contributed by atoms with Gasteiger partial charge in [-0.1, -0.05) is 35.9 Å². The lowest BCUT2D eigenvalue weighted by Gasteiger charge is -2.33. The van der Waals surface area contributed by atoms with Gasteiger partial charge in [0.15, 0.2) is 0 Å². The van der Waals surface area contributed by atoms with Crippen molar-refractivity contribution in [3.05, 3.63) is 45.7 Å². The summed E-state index contributed by atoms with van der Waals surface area (Å²) in [5, 5.41) is 31.3. The highest BCUT2D eigenvalue weighted by Gasteiger charge is 2.56. The van der Waals surface area contributed by atoms with E-state index in [0.29, 0.717) is 36.4 Å². The van der Waals surface area contributed by atoms with Crippen LogP contribution in [0.2, 0.25) is 4.34 Å². The second-order valence-corrected chi connectivity index (χ2v) is 9.52. The highest BCUT2D eigenvalue weighted by Crippen LogP contribution is 2.47. The molecule has 1 heterocycles. The van der Waals surface area contributed by atoms with Crippen molar-refractivity contribution in [1.29, 1.82) is 0 Å². The Balaban J connectivity index is 2.06. The summed E-state index contributed by atoms with van der Waals surface area (Å²) in [5.74, 6) is -1.38. The Morgan fingerprint density at radius 1 is 1.33 bits per heavy atom. The second kappa shape index (κ2) is 11.8. The van der Waals surface area contributed by atoms with E-state index in [-0.39, 0.29) is 12.8 Å². The zero-order valence-corrected chi connectivity index (χ0v) is 18.4. The summed E-state index contributed by atoms with van der Waals surface area (Å²) in [6.45, 7) is 0. The number of aldehydes is 1. The predicted octanol–water partition coefficient (Wildman–Crippen LogP) is 2.78. The average molecular weight is 456 g/mol. The summed E-state index contributed by atoms with van der Waals surface area (Å²) < 4.78 is 0.698. The van der Waals surface area contributed by atoms with E-state index in [1.54, 1.807) is 18.2 Å². The molecule has 0 bridgehead atoms. The Hall–Kier alpha value is -1.51. The zero-order chi connectivity index (χ0) is 22.1. The van der Waals surface area contributed by atoms with E-state index in [4.69, 9.17) is 17.3 Å². The number of allylic oxidation sites excluding steroid dienone is 2. The Kier molecular flexibility index (Phi) is 9.71. The minimum atomic E-state index is -1.34. The van der Waals surface area contributed by atoms with Gasteiger partial charge in [0.25, 0.3) is 0 Å². The number of hydrogen-bond donors (Lipinski definition) is 4. The van der Waals surface area contributed by atoms with Crippen molar-refractivity contribution in [3.8, 4) is 0 Å². The Bertz CT molecular complexity index is 764. The number of aliphatic hydroxyl groups excluding tert-OH is 3. The molecule has 0 spiro atoms. The molecule has 1 aromatic heterocycles. The zero-order valence-electron chi connectivity index (χ0n) is 16.8. The molecule has 8 heteroatoms. The second-order valence-electron chi connectivity index (χ2n) is 7.72. The van der Waals surface area contributed by atoms with Crippen molar-refractivity contribution >= 4 is 35.1 Å². The molecule has 0 saturated heterocycles. The lowest BCUT2D eigenvalue weighted by atomic mass is 9.72. The number of nitrogens with two attached hydrogens (primary N) is 1. The number of unbranched alkanes of at least 4 members (excludes halogenated alkanes) is 2. The van der Waals surface area contributed by atoms with Crippen LogP contribution in [0.3, 0.4) is 0 Å². The maximum atomic E-state index is 12.4. The van der Waals surface area contributed by atoms with Crippen LogP contribution < -0.4 is 5.73 Å². The molecule has 6 nitrogen and oxygen atoms in total. The molecule has 1 aromatic rings. The summed E-state index contributed by atoms with van der Waals surface area (Å²) in [6, 6.07) is 3.73. The quantitative estimate of drug-likeness (QED) is 0.219. The molecule has 1 fully saturated rings. The van der Waals surface area contributed by atoms with Crippen LogP contribution in [0.25, 0.3) is 0 Å². The van der Waals surface area contributed by atoms with E-state index in [2.05, 4.69) is 0 Å². The Morgan fingerprint density at radius 2 is 2.10 bits per heavy atom. The number of primary amides is 1. The van der Waals surface area contributed by atoms with Crippen LogP contribution in [0, 0.1) is 11.3 Å². The summed E-state index contributed by atoms with van der Waals surface area (Å²) >= 11 is 7.38. The fourth-order valence-electron chi connectivity index (χ4n) is 3.99. The standard InChI is InChI=1S/C22H30ClNO5S/c23-20-11-9-16(30-20)8-6-15(26)7-10-17-18(27)14-19(28)22(17,21(24)29)12-4-2-1-3-5-13-25/h2,4,7,9-11,13,15,17-19,26-28H,1,3,5-6,8,12,14H2,(H2,24,29)/b4-2-,10-7+/t15-,17-,18+,19-,22+/m0/s1. The smallest absolute Gasteiger partial charge is 0.227 e. The molecule has 30 heavy (non-hydrogen) atoms. The molecule has 0 radical (unpaired) electrons. The molecule has 0 aliphatic heterocycles. The van der Waals surface area contributed by atoms with Crippen LogP contribution in [-0.4, -0.2) is 45.8 Å². The van der Waals surface area contributed by atoms with E-state index in [9.17, 15) is 24.9 Å². The Labute approximate surface area is 186 Å². The number of rotatable bonds is 12. The van der Waals surface area contributed by atoms with Gasteiger partial charge in [-0.3, -0.25) is 4.79 Å². The number of aliphatic hydroxyl groups is 3. The summed E-state index contributed by atoms with van der Waals surface area (Å²) in [6.07, 6.45) is 8.08. The first-order chi connectivity index (χ1) is 14.3. The van der Waals surface area contributed by atoms with Gasteiger partial charge in [-0.25, -0.2) is 0 Å². The molecule has 1 saturated carbocycles. The lowest BCUT2D eigenvalue weighted by molar-refractivity contribution is -0.135. The highest BCUT2D eigenvalue weighted by atomic mass is 35.5. The SMILES string of the molecule is NC(=O)[C@@]1(C/C=C\CCCC=O)[C@@H](O)C[C@@H](O)[C@@H]1/C=C/[C@@H](O)CCc1ccc(Cl)s1. The van der Waals surface area contributed by atoms with Gasteiger partial charge < -0.3 is 25.8 Å². The maximum Gasteiger partial charge on any atom is 0.227 e. The summed E-state index contributed by atoms with van der Waals surface area (Å²) in [5.41, 5.74) is 4.35. The van der Waals surface area contributed by atoms with Gasteiger partial charge in [0.05, 0.1) is 28.1 Å². The van der Waals surface area contributed by atoms with Crippen LogP contribution in [-0.2, 0) is 16.0 Å². The predicted molar refractivity (Wildman–Crippen MR) is 118 cm³/mol. The normalized spacial score (nSPS) is 27.8. The van der Waals surface area contributed by atoms with Crippen LogP contribution in [0.1, 0.15) is 43.4 Å². The van der Waals surface area contributed by atoms with Crippen LogP contribution in [0.4, 0.5) is 0 Å². The number of thiophene rings is 1. The van der Waals surface area contributed by atoms with Gasteiger partial charge in [-0.15, -0.1) is 11.3 Å². The maximum absolute atomic E-state index is 12.4. The van der Waals surface area contributed by atoms with Crippen LogP contribution in [0.5, 0.6) is 0 Å². The van der Waals surface area contributed by atoms with Gasteiger partial charge in [-0.2, -0.15) is 0 Å². The molecule has 1 aliphatic carbocycles. The minimum Gasteiger partial charge on any atom is -0.392 e. The summed E-state index contributed by atoms with van der Waals surface area (Å²) in [7, 11) is 0. The molecule has 0 aromatic carbocycles. The van der Waals surface area contributed by atoms with E-state index < -0.39 is 35.6 Å². The van der Waals surface area contributed by atoms with Gasteiger partial charge in [0.1, 0.15) is 6.29 Å². The fourth-order valence-corrected chi connectivity index (χ4v) is 5.09. The number of amides is 1. The topological polar surface area (TPSA) is 121 Å². The highest BCUT2D eigenvalue weighted by molar-refractivity contribution is 7.16. The van der Waals surface area contributed by atoms with E-state index in [1.807, 2.05) is 18.2 Å². The van der Waals surface area contributed by atoms with Crippen LogP contribution in [0.15, 0.2) is 36.4 Å². The first kappa shape index (κ1) is 24.8. The third kappa shape index (κ3) is 6.25. The Morgan fingerprint density at radius 3 is 2.73 bits per heavy atom. The van der Waals surface area contributed by atoms with Gasteiger partial charge in [0, 0.05) is 23.6 Å². The molecule has 1 aliphatic rings. The summed E-state index contributed by atoms with van der Waals surface area (Å²) in [4.78, 5) is 23.8. The number of halogens is 1. The first-order valence-electron chi connectivity index (χ1n) is 10.2. The van der Waals surface area contributed by atoms with Crippen molar-refractivity contribution < 1.29 is 24.9 Å². The lowest BCUT2D eigenvalue weighted by Crippen LogP contribution is -2.47. The van der Waals surface area contributed by atoms with E-state index in [0.717, 1.165) is 11.2 Å². The molecule has 5 N–H and O–H groups in total. The van der Waals surface area contributed by atoms with Crippen molar-refractivity contribution in [2.45, 2.75) is 63.3 Å². The van der Waals surface area contributed by atoms with Gasteiger partial charge in [0.2, 0.25) is 5.91 Å². The first-order valence-corrected chi connectivity index (χ1v) is 11.4. The van der Waals surface area contributed by atoms with E-state index in [1.165, 1.54) is 11.3 Å². The fraction of sp³-hybridized carbons (Fsp3) is 0.545. The van der Waals surface area contributed by atoms with Crippen LogP contribution >= 0.6 is 22.9 Å². The monoisotopic (exact) mass is 455 g/mol. The third-order valence-electron chi connectivity index (χ3n) is 5.70. The molecular weight excluding hydrogens is 426 g/mol. The van der Waals surface area contributed by atoms with E-state index >= 15 is 0 Å². The number of carbonyl (C=O) groups excluding carboxylic acids is 2. The van der Waals surface area contributed by atoms with Crippen molar-refractivity contribution in [1.82, 2.24) is 0 Å². The number of hydrogen-bond acceptors (Lipinski definition) is 6. The molecule has 166 valence electrons. The van der Waals surface area contributed by atoms with Crippen molar-refractivity contribution in [3.63, 3.8) is 0 Å². The number of carbonyl (C=O) groups is 2. The van der Waals surface area contributed by atoms with Crippen molar-refractivity contribution in [2.24, 2.45) is 17.1 Å². The van der Waals surface area contributed by atoms with Crippen molar-refractivity contribution in [2.75, 3.05) is 0 Å². The molecule has 1 amide bonds. The molecule has 0 unspecified atom stereocenters. The number of aryl methyl sites for hydroxylation is 1. The largest absolute Gasteiger partial charge is 0.392 e. The van der Waals surface area contributed by atoms with Gasteiger partial charge >= 0.3 is 0 Å². The average Bonchev–Trinajstić information content (AvgIpc) is 3.22. The molecule has 5 atom stereocenters. The molecule has 2 rings (SSSR count). The third-order valence-corrected chi connectivity index (χ3v) is 6.99. The molecular formula is C22H30ClNO5S.